The molecule has 1 rings (SSSR count). The Kier molecular flexibility index (Phi) is 2.82. The monoisotopic (exact) mass is 170 g/mol. The van der Waals surface area contributed by atoms with E-state index < -0.39 is 5.60 Å². The minimum absolute atomic E-state index is 0.447. The standard InChI is InChI=1S/C11H22O/c1-8-5-6-10(7-8)9(2)11(3,4)12/h8-10,12H,5-7H2,1-4H3/t8-,9?,10?/m1/s1. The number of rotatable bonds is 2. The maximum absolute atomic E-state index is 9.83. The van der Waals surface area contributed by atoms with Crippen molar-refractivity contribution >= 4 is 0 Å². The molecule has 1 nitrogen and oxygen atoms in total. The largest absolute Gasteiger partial charge is 0.390 e. The third-order valence-electron chi connectivity index (χ3n) is 3.56. The van der Waals surface area contributed by atoms with E-state index in [0.29, 0.717) is 5.92 Å². The summed E-state index contributed by atoms with van der Waals surface area (Å²) in [6, 6.07) is 0. The first-order chi connectivity index (χ1) is 5.41. The molecule has 1 aliphatic carbocycles. The molecule has 1 fully saturated rings. The molecule has 2 unspecified atom stereocenters. The van der Waals surface area contributed by atoms with Crippen molar-refractivity contribution in [1.82, 2.24) is 0 Å². The molecule has 0 radical (unpaired) electrons. The lowest BCUT2D eigenvalue weighted by Crippen LogP contribution is -2.33. The highest BCUT2D eigenvalue weighted by Crippen LogP contribution is 2.39. The second-order valence-electron chi connectivity index (χ2n) is 5.12. The third kappa shape index (κ3) is 2.22. The fourth-order valence-corrected chi connectivity index (χ4v) is 2.28. The van der Waals surface area contributed by atoms with Crippen molar-refractivity contribution in [1.29, 1.82) is 0 Å². The van der Waals surface area contributed by atoms with Crippen LogP contribution in [0.3, 0.4) is 0 Å². The van der Waals surface area contributed by atoms with E-state index in [0.717, 1.165) is 11.8 Å². The summed E-state index contributed by atoms with van der Waals surface area (Å²) in [6.07, 6.45) is 3.97. The highest BCUT2D eigenvalue weighted by Gasteiger charge is 2.33. The smallest absolute Gasteiger partial charge is 0.0619 e. The Hall–Kier alpha value is -0.0400. The number of aliphatic hydroxyl groups is 1. The number of hydrogen-bond acceptors (Lipinski definition) is 1. The van der Waals surface area contributed by atoms with Crippen LogP contribution in [0.15, 0.2) is 0 Å². The predicted molar refractivity (Wildman–Crippen MR) is 52.0 cm³/mol. The average molecular weight is 170 g/mol. The fourth-order valence-electron chi connectivity index (χ4n) is 2.28. The Morgan fingerprint density at radius 3 is 2.25 bits per heavy atom. The van der Waals surface area contributed by atoms with Crippen molar-refractivity contribution in [2.75, 3.05) is 0 Å². The summed E-state index contributed by atoms with van der Waals surface area (Å²) in [5.41, 5.74) is -0.491. The van der Waals surface area contributed by atoms with E-state index in [-0.39, 0.29) is 0 Å². The van der Waals surface area contributed by atoms with Gasteiger partial charge in [-0.1, -0.05) is 20.3 Å². The predicted octanol–water partition coefficient (Wildman–Crippen LogP) is 2.83. The quantitative estimate of drug-likeness (QED) is 0.675. The minimum atomic E-state index is -0.491. The van der Waals surface area contributed by atoms with Gasteiger partial charge in [-0.2, -0.15) is 0 Å². The molecule has 1 heteroatoms. The normalized spacial score (nSPS) is 33.8. The summed E-state index contributed by atoms with van der Waals surface area (Å²) >= 11 is 0. The van der Waals surface area contributed by atoms with Crippen LogP contribution in [-0.4, -0.2) is 10.7 Å². The number of hydrogen-bond donors (Lipinski definition) is 1. The van der Waals surface area contributed by atoms with Crippen LogP contribution in [0.1, 0.15) is 47.0 Å². The zero-order valence-electron chi connectivity index (χ0n) is 8.80. The van der Waals surface area contributed by atoms with E-state index in [4.69, 9.17) is 0 Å². The summed E-state index contributed by atoms with van der Waals surface area (Å²) in [6.45, 7) is 8.36. The van der Waals surface area contributed by atoms with Gasteiger partial charge in [-0.15, -0.1) is 0 Å². The lowest BCUT2D eigenvalue weighted by molar-refractivity contribution is -0.00103. The highest BCUT2D eigenvalue weighted by atomic mass is 16.3. The summed E-state index contributed by atoms with van der Waals surface area (Å²) in [5, 5.41) is 9.83. The highest BCUT2D eigenvalue weighted by molar-refractivity contribution is 4.84. The zero-order valence-corrected chi connectivity index (χ0v) is 8.80. The molecule has 0 spiro atoms. The Morgan fingerprint density at radius 1 is 1.33 bits per heavy atom. The maximum atomic E-state index is 9.83. The van der Waals surface area contributed by atoms with E-state index in [1.165, 1.54) is 19.3 Å². The SMILES string of the molecule is CC(C1CC[C@@H](C)C1)C(C)(C)O. The molecular formula is C11H22O. The fraction of sp³-hybridized carbons (Fsp3) is 1.00. The topological polar surface area (TPSA) is 20.2 Å². The molecule has 0 amide bonds. The first-order valence-corrected chi connectivity index (χ1v) is 5.13. The minimum Gasteiger partial charge on any atom is -0.390 e. The van der Waals surface area contributed by atoms with E-state index in [1.54, 1.807) is 0 Å². The van der Waals surface area contributed by atoms with Gasteiger partial charge in [0.1, 0.15) is 0 Å². The molecule has 72 valence electrons. The van der Waals surface area contributed by atoms with Gasteiger partial charge in [0.25, 0.3) is 0 Å². The lowest BCUT2D eigenvalue weighted by atomic mass is 9.80. The Morgan fingerprint density at radius 2 is 1.92 bits per heavy atom. The van der Waals surface area contributed by atoms with Gasteiger partial charge in [-0.25, -0.2) is 0 Å². The van der Waals surface area contributed by atoms with E-state index in [2.05, 4.69) is 13.8 Å². The summed E-state index contributed by atoms with van der Waals surface area (Å²) in [4.78, 5) is 0. The van der Waals surface area contributed by atoms with Crippen LogP contribution in [-0.2, 0) is 0 Å². The summed E-state index contributed by atoms with van der Waals surface area (Å²) < 4.78 is 0. The lowest BCUT2D eigenvalue weighted by Gasteiger charge is -2.31. The van der Waals surface area contributed by atoms with Crippen LogP contribution in [0.4, 0.5) is 0 Å². The third-order valence-corrected chi connectivity index (χ3v) is 3.56. The van der Waals surface area contributed by atoms with Crippen molar-refractivity contribution in [3.63, 3.8) is 0 Å². The molecule has 0 bridgehead atoms. The van der Waals surface area contributed by atoms with Crippen LogP contribution in [0.25, 0.3) is 0 Å². The van der Waals surface area contributed by atoms with Crippen LogP contribution >= 0.6 is 0 Å². The molecule has 0 aliphatic heterocycles. The first-order valence-electron chi connectivity index (χ1n) is 5.13. The second-order valence-corrected chi connectivity index (χ2v) is 5.12. The van der Waals surface area contributed by atoms with E-state index >= 15 is 0 Å². The van der Waals surface area contributed by atoms with Gasteiger partial charge in [-0.05, 0) is 44.4 Å². The van der Waals surface area contributed by atoms with Crippen molar-refractivity contribution in [2.24, 2.45) is 17.8 Å². The van der Waals surface area contributed by atoms with E-state index in [9.17, 15) is 5.11 Å². The molecular weight excluding hydrogens is 148 g/mol. The Bertz CT molecular complexity index is 146. The molecule has 3 atom stereocenters. The Labute approximate surface area is 76.2 Å². The summed E-state index contributed by atoms with van der Waals surface area (Å²) in [7, 11) is 0. The Balaban J connectivity index is 2.48. The molecule has 0 aromatic heterocycles. The summed E-state index contributed by atoms with van der Waals surface area (Å²) in [5.74, 6) is 2.07. The van der Waals surface area contributed by atoms with Crippen LogP contribution in [0, 0.1) is 17.8 Å². The molecule has 1 aliphatic rings. The molecule has 12 heavy (non-hydrogen) atoms. The van der Waals surface area contributed by atoms with Gasteiger partial charge in [0, 0.05) is 0 Å². The van der Waals surface area contributed by atoms with Crippen LogP contribution in [0.2, 0.25) is 0 Å². The molecule has 0 heterocycles. The molecule has 0 saturated heterocycles. The van der Waals surface area contributed by atoms with Gasteiger partial charge >= 0.3 is 0 Å². The second kappa shape index (κ2) is 3.37. The van der Waals surface area contributed by atoms with Gasteiger partial charge in [0.15, 0.2) is 0 Å². The van der Waals surface area contributed by atoms with Crippen molar-refractivity contribution in [3.8, 4) is 0 Å². The van der Waals surface area contributed by atoms with Gasteiger partial charge < -0.3 is 5.11 Å². The molecule has 0 aromatic rings. The van der Waals surface area contributed by atoms with E-state index in [1.807, 2.05) is 13.8 Å². The van der Waals surface area contributed by atoms with Gasteiger partial charge in [0.05, 0.1) is 5.60 Å². The zero-order chi connectivity index (χ0) is 9.35. The molecule has 1 saturated carbocycles. The van der Waals surface area contributed by atoms with Gasteiger partial charge in [-0.3, -0.25) is 0 Å². The average Bonchev–Trinajstić information content (AvgIpc) is 2.32. The maximum Gasteiger partial charge on any atom is 0.0619 e. The van der Waals surface area contributed by atoms with Gasteiger partial charge in [0.2, 0.25) is 0 Å². The first kappa shape index (κ1) is 10.0. The van der Waals surface area contributed by atoms with Crippen LogP contribution < -0.4 is 0 Å². The van der Waals surface area contributed by atoms with Crippen LogP contribution in [0.5, 0.6) is 0 Å². The molecule has 0 aromatic carbocycles. The van der Waals surface area contributed by atoms with Crippen molar-refractivity contribution in [3.05, 3.63) is 0 Å². The van der Waals surface area contributed by atoms with Crippen molar-refractivity contribution < 1.29 is 5.11 Å². The van der Waals surface area contributed by atoms with Crippen molar-refractivity contribution in [2.45, 2.75) is 52.6 Å². The molecule has 1 N–H and O–H groups in total.